The lowest BCUT2D eigenvalue weighted by Gasteiger charge is -2.16. The third-order valence-corrected chi connectivity index (χ3v) is 5.22. The van der Waals surface area contributed by atoms with Crippen molar-refractivity contribution in [1.29, 1.82) is 0 Å². The first-order valence-electron chi connectivity index (χ1n) is 6.86. The molecule has 0 spiro atoms. The minimum Gasteiger partial charge on any atom is -0.492 e. The van der Waals surface area contributed by atoms with E-state index in [1.807, 2.05) is 0 Å². The number of hydrogen-bond donors (Lipinski definition) is 0. The van der Waals surface area contributed by atoms with Crippen LogP contribution >= 0.6 is 26.6 Å². The van der Waals surface area contributed by atoms with Gasteiger partial charge in [0.1, 0.15) is 16.5 Å². The van der Waals surface area contributed by atoms with Gasteiger partial charge in [-0.15, -0.1) is 0 Å². The van der Waals surface area contributed by atoms with Crippen LogP contribution in [0.3, 0.4) is 0 Å². The predicted molar refractivity (Wildman–Crippen MR) is 85.9 cm³/mol. The number of halogens is 3. The van der Waals surface area contributed by atoms with Crippen LogP contribution in [-0.2, 0) is 9.05 Å². The summed E-state index contributed by atoms with van der Waals surface area (Å²) in [7, 11) is 1.06. The number of benzene rings is 1. The second-order valence-corrected chi connectivity index (χ2v) is 8.27. The van der Waals surface area contributed by atoms with E-state index in [1.165, 1.54) is 0 Å². The fraction of sp³-hybridized carbons (Fsp3) is 0.571. The maximum absolute atomic E-state index is 13.8. The zero-order chi connectivity index (χ0) is 16.0. The smallest absolute Gasteiger partial charge is 0.264 e. The van der Waals surface area contributed by atoms with Crippen LogP contribution in [-0.4, -0.2) is 15.0 Å². The first-order valence-corrected chi connectivity index (χ1v) is 9.96. The van der Waals surface area contributed by atoms with Crippen LogP contribution in [0.2, 0.25) is 0 Å². The molecule has 0 saturated carbocycles. The Kier molecular flexibility index (Phi) is 7.44. The summed E-state index contributed by atoms with van der Waals surface area (Å²) in [6, 6.07) is 2.17. The molecule has 7 heteroatoms. The van der Waals surface area contributed by atoms with E-state index in [2.05, 4.69) is 29.8 Å². The molecule has 1 aromatic carbocycles. The summed E-state index contributed by atoms with van der Waals surface area (Å²) >= 11 is 3.18. The summed E-state index contributed by atoms with van der Waals surface area (Å²) in [4.78, 5) is -0.554. The maximum atomic E-state index is 13.8. The Morgan fingerprint density at radius 1 is 1.38 bits per heavy atom. The zero-order valence-electron chi connectivity index (χ0n) is 12.0. The second-order valence-electron chi connectivity index (χ2n) is 4.88. The normalized spacial score (nSPS) is 13.2. The highest BCUT2D eigenvalue weighted by Gasteiger charge is 2.19. The monoisotopic (exact) mass is 400 g/mol. The number of ether oxygens (including phenoxy) is 1. The molecule has 120 valence electrons. The van der Waals surface area contributed by atoms with Crippen LogP contribution in [0.15, 0.2) is 21.5 Å². The van der Waals surface area contributed by atoms with E-state index in [0.717, 1.165) is 37.8 Å². The molecule has 1 aromatic rings. The maximum Gasteiger partial charge on any atom is 0.264 e. The Morgan fingerprint density at radius 3 is 2.57 bits per heavy atom. The Labute approximate surface area is 138 Å². The molecule has 1 atom stereocenters. The molecule has 0 aliphatic carbocycles. The van der Waals surface area contributed by atoms with Crippen LogP contribution in [0.5, 0.6) is 5.75 Å². The number of unbranched alkanes of at least 4 members (excludes halogenated alkanes) is 1. The van der Waals surface area contributed by atoms with E-state index in [1.54, 1.807) is 0 Å². The molecular formula is C14H19BrClFO3S. The van der Waals surface area contributed by atoms with Crippen molar-refractivity contribution in [2.24, 2.45) is 5.92 Å². The van der Waals surface area contributed by atoms with Gasteiger partial charge in [-0.25, -0.2) is 12.8 Å². The Morgan fingerprint density at radius 2 is 2.05 bits per heavy atom. The van der Waals surface area contributed by atoms with E-state index in [0.29, 0.717) is 17.0 Å². The van der Waals surface area contributed by atoms with Gasteiger partial charge in [-0.1, -0.05) is 33.1 Å². The molecule has 0 N–H and O–H groups in total. The van der Waals surface area contributed by atoms with Gasteiger partial charge in [0.2, 0.25) is 0 Å². The van der Waals surface area contributed by atoms with Crippen LogP contribution in [0.25, 0.3) is 0 Å². The van der Waals surface area contributed by atoms with E-state index < -0.39 is 19.8 Å². The molecule has 1 rings (SSSR count). The van der Waals surface area contributed by atoms with Crippen LogP contribution in [0.1, 0.15) is 39.5 Å². The summed E-state index contributed by atoms with van der Waals surface area (Å²) in [5.74, 6) is -0.229. The number of hydrogen-bond acceptors (Lipinski definition) is 3. The molecule has 3 nitrogen and oxygen atoms in total. The molecule has 0 heterocycles. The highest BCUT2D eigenvalue weighted by molar-refractivity contribution is 9.10. The standard InChI is InChI=1S/C14H19BrClFO3S/c1-3-5-6-10(4-2)9-20-13-8-12(17)14(7-11(13)15)21(16,18)19/h7-8,10H,3-6,9H2,1-2H3. The fourth-order valence-electron chi connectivity index (χ4n) is 1.91. The first-order chi connectivity index (χ1) is 9.79. The third-order valence-electron chi connectivity index (χ3n) is 3.27. The lowest BCUT2D eigenvalue weighted by Crippen LogP contribution is -2.12. The van der Waals surface area contributed by atoms with Crippen molar-refractivity contribution in [3.05, 3.63) is 22.4 Å². The molecular weight excluding hydrogens is 383 g/mol. The van der Waals surface area contributed by atoms with Crippen molar-refractivity contribution >= 4 is 35.7 Å². The molecule has 0 bridgehead atoms. The Bertz CT molecular complexity index is 578. The zero-order valence-corrected chi connectivity index (χ0v) is 15.2. The predicted octanol–water partition coefficient (Wildman–Crippen LogP) is 5.11. The highest BCUT2D eigenvalue weighted by atomic mass is 79.9. The molecule has 0 aliphatic rings. The molecule has 0 saturated heterocycles. The summed E-state index contributed by atoms with van der Waals surface area (Å²) in [5, 5.41) is 0. The molecule has 0 radical (unpaired) electrons. The largest absolute Gasteiger partial charge is 0.492 e. The van der Waals surface area contributed by atoms with Crippen LogP contribution in [0.4, 0.5) is 4.39 Å². The highest BCUT2D eigenvalue weighted by Crippen LogP contribution is 2.32. The van der Waals surface area contributed by atoms with Gasteiger partial charge in [-0.2, -0.15) is 0 Å². The molecule has 0 fully saturated rings. The Hall–Kier alpha value is -0.330. The first kappa shape index (κ1) is 18.7. The van der Waals surface area contributed by atoms with Gasteiger partial charge in [-0.3, -0.25) is 0 Å². The summed E-state index contributed by atoms with van der Waals surface area (Å²) in [6.45, 7) is 4.69. The van der Waals surface area contributed by atoms with Crippen molar-refractivity contribution < 1.29 is 17.5 Å². The SMILES string of the molecule is CCCCC(CC)COc1cc(F)c(S(=O)(=O)Cl)cc1Br. The van der Waals surface area contributed by atoms with Gasteiger partial charge in [0.25, 0.3) is 9.05 Å². The quantitative estimate of drug-likeness (QED) is 0.568. The molecule has 21 heavy (non-hydrogen) atoms. The van der Waals surface area contributed by atoms with E-state index in [4.69, 9.17) is 15.4 Å². The molecule has 0 amide bonds. The van der Waals surface area contributed by atoms with Crippen molar-refractivity contribution in [3.8, 4) is 5.75 Å². The van der Waals surface area contributed by atoms with Gasteiger partial charge in [0.15, 0.2) is 0 Å². The van der Waals surface area contributed by atoms with Crippen molar-refractivity contribution in [2.75, 3.05) is 6.61 Å². The van der Waals surface area contributed by atoms with Gasteiger partial charge in [0, 0.05) is 16.7 Å². The molecule has 1 unspecified atom stereocenters. The average molecular weight is 402 g/mol. The average Bonchev–Trinajstić information content (AvgIpc) is 2.41. The summed E-state index contributed by atoms with van der Waals surface area (Å²) < 4.78 is 42.2. The fourth-order valence-corrected chi connectivity index (χ4v) is 3.43. The van der Waals surface area contributed by atoms with Crippen molar-refractivity contribution in [1.82, 2.24) is 0 Å². The van der Waals surface area contributed by atoms with Gasteiger partial charge in [-0.05, 0) is 34.3 Å². The Balaban J connectivity index is 2.83. The summed E-state index contributed by atoms with van der Waals surface area (Å²) in [5.41, 5.74) is 0. The molecule has 0 aliphatic heterocycles. The van der Waals surface area contributed by atoms with Gasteiger partial charge >= 0.3 is 0 Å². The summed E-state index contributed by atoms with van der Waals surface area (Å²) in [6.07, 6.45) is 4.29. The van der Waals surface area contributed by atoms with Crippen LogP contribution < -0.4 is 4.74 Å². The van der Waals surface area contributed by atoms with Crippen molar-refractivity contribution in [3.63, 3.8) is 0 Å². The minimum atomic E-state index is -4.11. The minimum absolute atomic E-state index is 0.284. The lowest BCUT2D eigenvalue weighted by atomic mass is 10.0. The topological polar surface area (TPSA) is 43.4 Å². The van der Waals surface area contributed by atoms with E-state index in [9.17, 15) is 12.8 Å². The lowest BCUT2D eigenvalue weighted by molar-refractivity contribution is 0.231. The van der Waals surface area contributed by atoms with E-state index >= 15 is 0 Å². The number of rotatable bonds is 8. The molecule has 0 aromatic heterocycles. The van der Waals surface area contributed by atoms with Crippen LogP contribution in [0, 0.1) is 11.7 Å². The van der Waals surface area contributed by atoms with E-state index in [-0.39, 0.29) is 5.75 Å². The third kappa shape index (κ3) is 5.75. The van der Waals surface area contributed by atoms with Crippen molar-refractivity contribution in [2.45, 2.75) is 44.4 Å². The van der Waals surface area contributed by atoms with Gasteiger partial charge < -0.3 is 4.74 Å². The van der Waals surface area contributed by atoms with Gasteiger partial charge in [0.05, 0.1) is 11.1 Å². The second kappa shape index (κ2) is 8.34.